The van der Waals surface area contributed by atoms with Crippen LogP contribution in [0.3, 0.4) is 0 Å². The molecule has 0 fully saturated rings. The molecule has 4 heteroatoms. The molecule has 1 aliphatic rings. The Labute approximate surface area is 407 Å². The van der Waals surface area contributed by atoms with Gasteiger partial charge in [0.15, 0.2) is 17.5 Å². The van der Waals surface area contributed by atoms with Crippen molar-refractivity contribution in [3.05, 3.63) is 271 Å². The van der Waals surface area contributed by atoms with Crippen molar-refractivity contribution in [2.24, 2.45) is 0 Å². The zero-order valence-electron chi connectivity index (χ0n) is 42.5. The largest absolute Gasteiger partial charge is 0.208 e. The van der Waals surface area contributed by atoms with Crippen molar-refractivity contribution in [3.63, 3.8) is 0 Å². The number of thiophene rings is 1. The summed E-state index contributed by atoms with van der Waals surface area (Å²) in [7, 11) is 0. The maximum absolute atomic E-state index is 9.93. The lowest BCUT2D eigenvalue weighted by molar-refractivity contribution is 0.768. The third kappa shape index (κ3) is 6.68. The van der Waals surface area contributed by atoms with Gasteiger partial charge in [0.25, 0.3) is 0 Å². The molecule has 2 aromatic heterocycles. The van der Waals surface area contributed by atoms with E-state index in [4.69, 9.17) is 15.0 Å². The highest BCUT2D eigenvalue weighted by Crippen LogP contribution is 2.56. The molecule has 0 bridgehead atoms. The lowest BCUT2D eigenvalue weighted by atomic mass is 9.67. The molecule has 0 atom stereocenters. The van der Waals surface area contributed by atoms with E-state index >= 15 is 0 Å². The monoisotopic (exact) mass is 889 g/mol. The van der Waals surface area contributed by atoms with Crippen LogP contribution in [0.2, 0.25) is 0 Å². The Morgan fingerprint density at radius 3 is 1.46 bits per heavy atom. The first-order valence-electron chi connectivity index (χ1n) is 25.6. The Balaban J connectivity index is 1.04. The molecule has 0 saturated heterocycles. The highest BCUT2D eigenvalue weighted by molar-refractivity contribution is 7.25. The van der Waals surface area contributed by atoms with E-state index in [-0.39, 0.29) is 64.0 Å². The molecule has 2 heterocycles. The Bertz CT molecular complexity index is 4170. The summed E-state index contributed by atoms with van der Waals surface area (Å²) in [6.45, 7) is 0. The molecule has 3 nitrogen and oxygen atoms in total. The Hall–Kier alpha value is -8.57. The molecule has 12 aromatic rings. The molecule has 0 radical (unpaired) electrons. The maximum atomic E-state index is 9.93. The number of hydrogen-bond donors (Lipinski definition) is 0. The van der Waals surface area contributed by atoms with Crippen LogP contribution >= 0.6 is 11.3 Å². The number of rotatable bonds is 8. The molecular formula is C64H41N3S. The highest BCUT2D eigenvalue weighted by atomic mass is 32.1. The first kappa shape index (κ1) is 33.8. The van der Waals surface area contributed by atoms with E-state index in [1.165, 1.54) is 0 Å². The standard InChI is InChI=1S/C64H41N3S/c1-5-17-42(18-6-1)44-21-15-23-46(37-44)47-33-36-59-56(39-47)55-35-32-50(41-60(55)68-59)63-66-61(48-24-16-22-45(38-48)43-19-7-2-8-20-43)65-62(67-63)49-31-34-54-53-29-13-14-30-57(53)64(58(54)40-49,51-25-9-3-10-26-51)52-27-11-4-12-28-52/h1-41H/i32D,33D,35D,36D,39D,41D. The molecule has 0 unspecified atom stereocenters. The van der Waals surface area contributed by atoms with E-state index in [0.29, 0.717) is 37.7 Å². The van der Waals surface area contributed by atoms with E-state index < -0.39 is 5.41 Å². The van der Waals surface area contributed by atoms with E-state index in [2.05, 4.69) is 84.9 Å². The van der Waals surface area contributed by atoms with E-state index in [9.17, 15) is 8.22 Å². The van der Waals surface area contributed by atoms with Gasteiger partial charge in [0, 0.05) is 36.9 Å². The quantitative estimate of drug-likeness (QED) is 0.153. The molecule has 0 spiro atoms. The molecule has 0 N–H and O–H groups in total. The summed E-state index contributed by atoms with van der Waals surface area (Å²) in [5, 5.41) is 0.503. The van der Waals surface area contributed by atoms with Gasteiger partial charge in [-0.15, -0.1) is 11.3 Å². The van der Waals surface area contributed by atoms with Crippen LogP contribution in [0.15, 0.2) is 249 Å². The van der Waals surface area contributed by atoms with Crippen LogP contribution in [0.5, 0.6) is 0 Å². The summed E-state index contributed by atoms with van der Waals surface area (Å²) in [6, 6.07) is 70.6. The number of benzene rings is 10. The zero-order chi connectivity index (χ0) is 50.2. The van der Waals surface area contributed by atoms with Crippen molar-refractivity contribution >= 4 is 31.5 Å². The van der Waals surface area contributed by atoms with Crippen LogP contribution < -0.4 is 0 Å². The predicted octanol–water partition coefficient (Wildman–Crippen LogP) is 16.6. The van der Waals surface area contributed by atoms with Gasteiger partial charge in [-0.1, -0.05) is 212 Å². The van der Waals surface area contributed by atoms with Gasteiger partial charge in [-0.25, -0.2) is 15.0 Å². The van der Waals surface area contributed by atoms with Crippen molar-refractivity contribution in [3.8, 4) is 78.7 Å². The molecule has 13 rings (SSSR count). The van der Waals surface area contributed by atoms with Gasteiger partial charge in [-0.3, -0.25) is 0 Å². The van der Waals surface area contributed by atoms with Crippen molar-refractivity contribution in [2.75, 3.05) is 0 Å². The van der Waals surface area contributed by atoms with E-state index in [1.54, 1.807) is 0 Å². The van der Waals surface area contributed by atoms with Crippen LogP contribution in [-0.4, -0.2) is 15.0 Å². The lowest BCUT2D eigenvalue weighted by Crippen LogP contribution is -2.28. The Morgan fingerprint density at radius 1 is 0.324 bits per heavy atom. The summed E-state index contributed by atoms with van der Waals surface area (Å²) in [6.07, 6.45) is 0. The van der Waals surface area contributed by atoms with Crippen molar-refractivity contribution in [1.82, 2.24) is 15.0 Å². The van der Waals surface area contributed by atoms with Gasteiger partial charge in [0.1, 0.15) is 0 Å². The first-order valence-corrected chi connectivity index (χ1v) is 23.4. The van der Waals surface area contributed by atoms with Gasteiger partial charge in [-0.05, 0) is 103 Å². The fourth-order valence-electron chi connectivity index (χ4n) is 9.93. The minimum atomic E-state index is -0.695. The average molecular weight is 890 g/mol. The normalized spacial score (nSPS) is 13.8. The topological polar surface area (TPSA) is 38.7 Å². The van der Waals surface area contributed by atoms with Gasteiger partial charge in [-0.2, -0.15) is 0 Å². The number of fused-ring (bicyclic) bond motifs is 6. The van der Waals surface area contributed by atoms with Gasteiger partial charge in [0.05, 0.1) is 13.6 Å². The average Bonchev–Trinajstić information content (AvgIpc) is 4.05. The molecule has 68 heavy (non-hydrogen) atoms. The third-order valence-electron chi connectivity index (χ3n) is 13.1. The molecule has 0 amide bonds. The third-order valence-corrected chi connectivity index (χ3v) is 14.1. The van der Waals surface area contributed by atoms with Crippen LogP contribution in [-0.2, 0) is 5.41 Å². The number of hydrogen-bond acceptors (Lipinski definition) is 4. The predicted molar refractivity (Wildman–Crippen MR) is 283 cm³/mol. The SMILES string of the molecule is [2H]c1c(-c2cccc(-c3ccccc3)c2)c([2H])c2c(sc3c([2H])c(-c4nc(-c5cccc(-c6ccccc6)c5)nc(-c5ccc6c(c5)C(c5ccccc5)(c5ccccc5)c5ccccc5-6)n4)c([2H])c([2H])c32)c1[2H]. The van der Waals surface area contributed by atoms with Crippen LogP contribution in [0, 0.1) is 0 Å². The zero-order valence-corrected chi connectivity index (χ0v) is 37.3. The fraction of sp³-hybridized carbons (Fsp3) is 0.0156. The van der Waals surface area contributed by atoms with Gasteiger partial charge in [0.2, 0.25) is 0 Å². The highest BCUT2D eigenvalue weighted by Gasteiger charge is 2.46. The van der Waals surface area contributed by atoms with E-state index in [1.807, 2.05) is 127 Å². The van der Waals surface area contributed by atoms with Crippen molar-refractivity contribution in [2.45, 2.75) is 5.41 Å². The molecule has 318 valence electrons. The molecule has 0 aliphatic heterocycles. The molecule has 10 aromatic carbocycles. The Kier molecular flexibility index (Phi) is 8.16. The summed E-state index contributed by atoms with van der Waals surface area (Å²) in [5.74, 6) is 0.707. The second-order valence-electron chi connectivity index (χ2n) is 17.0. The summed E-state index contributed by atoms with van der Waals surface area (Å²) in [5.41, 5.74) is 12.1. The second kappa shape index (κ2) is 16.4. The van der Waals surface area contributed by atoms with Crippen LogP contribution in [0.25, 0.3) is 98.8 Å². The summed E-state index contributed by atoms with van der Waals surface area (Å²) in [4.78, 5) is 15.5. The maximum Gasteiger partial charge on any atom is 0.164 e. The smallest absolute Gasteiger partial charge is 0.164 e. The molecular weight excluding hydrogens is 843 g/mol. The van der Waals surface area contributed by atoms with Crippen LogP contribution in [0.1, 0.15) is 30.5 Å². The number of nitrogens with zero attached hydrogens (tertiary/aromatic N) is 3. The minimum Gasteiger partial charge on any atom is -0.208 e. The van der Waals surface area contributed by atoms with Crippen molar-refractivity contribution in [1.29, 1.82) is 0 Å². The second-order valence-corrected chi connectivity index (χ2v) is 18.0. The fourth-order valence-corrected chi connectivity index (χ4v) is 10.9. The first-order chi connectivity index (χ1) is 36.2. The minimum absolute atomic E-state index is 0.0265. The summed E-state index contributed by atoms with van der Waals surface area (Å²) < 4.78 is 58.3. The van der Waals surface area contributed by atoms with Gasteiger partial charge < -0.3 is 0 Å². The lowest BCUT2D eigenvalue weighted by Gasteiger charge is -2.34. The van der Waals surface area contributed by atoms with E-state index in [0.717, 1.165) is 67.0 Å². The molecule has 0 saturated carbocycles. The Morgan fingerprint density at radius 2 is 0.809 bits per heavy atom. The van der Waals surface area contributed by atoms with Crippen LogP contribution in [0.4, 0.5) is 0 Å². The number of aromatic nitrogens is 3. The molecule has 1 aliphatic carbocycles. The summed E-state index contributed by atoms with van der Waals surface area (Å²) >= 11 is 1.09. The van der Waals surface area contributed by atoms with Crippen molar-refractivity contribution < 1.29 is 8.22 Å². The van der Waals surface area contributed by atoms with Gasteiger partial charge >= 0.3 is 0 Å².